The lowest BCUT2D eigenvalue weighted by molar-refractivity contribution is 0.0773. The van der Waals surface area contributed by atoms with Gasteiger partial charge in [-0.05, 0) is 61.4 Å². The van der Waals surface area contributed by atoms with Crippen LogP contribution in [0.1, 0.15) is 21.5 Å². The first-order valence-corrected chi connectivity index (χ1v) is 10.7. The fourth-order valence-corrected chi connectivity index (χ4v) is 3.93. The number of likely N-dealkylation sites (N-methyl/N-ethyl adjacent to an activating group) is 1. The number of carbonyl (C=O) groups is 1. The van der Waals surface area contributed by atoms with Crippen LogP contribution in [-0.2, 0) is 14.6 Å². The molecule has 0 aliphatic rings. The zero-order chi connectivity index (χ0) is 20.7. The second-order valence-electron chi connectivity index (χ2n) is 6.73. The first kappa shape index (κ1) is 21.9. The summed E-state index contributed by atoms with van der Waals surface area (Å²) in [5.41, 5.74) is 2.68. The van der Waals surface area contributed by atoms with Crippen LogP contribution in [0.3, 0.4) is 0 Å². The molecular weight excluding hydrogens is 378 g/mol. The molecule has 1 amide bonds. The molecule has 0 heterocycles. The van der Waals surface area contributed by atoms with Crippen molar-refractivity contribution in [3.63, 3.8) is 0 Å². The number of benzene rings is 2. The minimum atomic E-state index is -3.41. The molecule has 0 saturated carbocycles. The van der Waals surface area contributed by atoms with Gasteiger partial charge in [-0.3, -0.25) is 4.79 Å². The van der Waals surface area contributed by atoms with E-state index in [9.17, 15) is 13.2 Å². The number of amides is 1. The van der Waals surface area contributed by atoms with Crippen LogP contribution in [0.4, 0.5) is 0 Å². The summed E-state index contributed by atoms with van der Waals surface area (Å²) in [6, 6.07) is 12.0. The highest BCUT2D eigenvalue weighted by atomic mass is 32.2. The topological polar surface area (TPSA) is 72.9 Å². The number of hydrogen-bond donors (Lipinski definition) is 0. The zero-order valence-electron chi connectivity index (χ0n) is 16.8. The molecule has 2 rings (SSSR count). The molecular formula is C21H27NO5S. The molecule has 0 fully saturated rings. The normalized spacial score (nSPS) is 11.3. The fourth-order valence-electron chi connectivity index (χ4n) is 2.75. The predicted octanol–water partition coefficient (Wildman–Crippen LogP) is 2.87. The summed E-state index contributed by atoms with van der Waals surface area (Å²) in [4.78, 5) is 14.3. The van der Waals surface area contributed by atoms with Gasteiger partial charge in [0.2, 0.25) is 0 Å². The Morgan fingerprint density at radius 1 is 1.00 bits per heavy atom. The number of rotatable bonds is 9. The molecule has 0 N–H and O–H groups in total. The molecule has 28 heavy (non-hydrogen) atoms. The van der Waals surface area contributed by atoms with Crippen LogP contribution in [0.2, 0.25) is 0 Å². The highest BCUT2D eigenvalue weighted by Gasteiger charge is 2.16. The maximum Gasteiger partial charge on any atom is 0.253 e. The Kier molecular flexibility index (Phi) is 7.60. The van der Waals surface area contributed by atoms with Crippen LogP contribution in [0.15, 0.2) is 47.4 Å². The number of sulfone groups is 1. The number of nitrogens with zero attached hydrogens (tertiary/aromatic N) is 1. The van der Waals surface area contributed by atoms with Gasteiger partial charge in [0, 0.05) is 19.7 Å². The van der Waals surface area contributed by atoms with Gasteiger partial charge in [0.1, 0.15) is 12.4 Å². The van der Waals surface area contributed by atoms with Crippen molar-refractivity contribution in [2.75, 3.05) is 39.7 Å². The van der Waals surface area contributed by atoms with E-state index < -0.39 is 9.84 Å². The zero-order valence-corrected chi connectivity index (χ0v) is 17.6. The number of hydrogen-bond acceptors (Lipinski definition) is 5. The Morgan fingerprint density at radius 3 is 2.18 bits per heavy atom. The first-order chi connectivity index (χ1) is 13.2. The van der Waals surface area contributed by atoms with Crippen LogP contribution in [0, 0.1) is 13.8 Å². The quantitative estimate of drug-likeness (QED) is 0.641. The molecule has 0 aliphatic heterocycles. The van der Waals surface area contributed by atoms with E-state index in [1.54, 1.807) is 11.9 Å². The lowest BCUT2D eigenvalue weighted by Crippen LogP contribution is -2.30. The molecule has 0 radical (unpaired) electrons. The molecule has 0 unspecified atom stereocenters. The maximum absolute atomic E-state index is 12.5. The van der Waals surface area contributed by atoms with Crippen molar-refractivity contribution in [3.05, 3.63) is 59.2 Å². The Morgan fingerprint density at radius 2 is 1.61 bits per heavy atom. The van der Waals surface area contributed by atoms with E-state index in [2.05, 4.69) is 6.07 Å². The van der Waals surface area contributed by atoms with E-state index in [4.69, 9.17) is 9.47 Å². The molecule has 7 heteroatoms. The molecule has 0 saturated heterocycles. The minimum absolute atomic E-state index is 0.0908. The lowest BCUT2D eigenvalue weighted by atomic mass is 10.1. The first-order valence-electron chi connectivity index (χ1n) is 9.01. The van der Waals surface area contributed by atoms with E-state index in [0.29, 0.717) is 18.7 Å². The Balaban J connectivity index is 1.93. The van der Waals surface area contributed by atoms with E-state index in [1.807, 2.05) is 26.0 Å². The van der Waals surface area contributed by atoms with E-state index in [0.717, 1.165) is 16.9 Å². The Labute approximate surface area is 167 Å². The van der Waals surface area contributed by atoms with E-state index in [1.165, 1.54) is 31.4 Å². The third-order valence-electron chi connectivity index (χ3n) is 4.25. The van der Waals surface area contributed by atoms with Gasteiger partial charge in [-0.15, -0.1) is 0 Å². The van der Waals surface area contributed by atoms with Gasteiger partial charge >= 0.3 is 0 Å². The fraction of sp³-hybridized carbons (Fsp3) is 0.381. The summed E-state index contributed by atoms with van der Waals surface area (Å²) in [5.74, 6) is 0.501. The van der Waals surface area contributed by atoms with Crippen molar-refractivity contribution in [2.24, 2.45) is 0 Å². The smallest absolute Gasteiger partial charge is 0.253 e. The van der Waals surface area contributed by atoms with Crippen LogP contribution in [-0.4, -0.2) is 58.9 Å². The molecule has 2 aromatic rings. The van der Waals surface area contributed by atoms with Crippen molar-refractivity contribution in [1.82, 2.24) is 4.90 Å². The van der Waals surface area contributed by atoms with Crippen molar-refractivity contribution < 1.29 is 22.7 Å². The highest BCUT2D eigenvalue weighted by molar-refractivity contribution is 7.91. The van der Waals surface area contributed by atoms with Crippen LogP contribution < -0.4 is 4.74 Å². The monoisotopic (exact) mass is 405 g/mol. The highest BCUT2D eigenvalue weighted by Crippen LogP contribution is 2.17. The molecule has 6 nitrogen and oxygen atoms in total. The van der Waals surface area contributed by atoms with Crippen molar-refractivity contribution in [1.29, 1.82) is 0 Å². The third-order valence-corrected chi connectivity index (χ3v) is 5.95. The van der Waals surface area contributed by atoms with E-state index >= 15 is 0 Å². The molecule has 0 bridgehead atoms. The summed E-state index contributed by atoms with van der Waals surface area (Å²) in [6.45, 7) is 4.93. The van der Waals surface area contributed by atoms with Crippen LogP contribution in [0.5, 0.6) is 5.75 Å². The van der Waals surface area contributed by atoms with Gasteiger partial charge < -0.3 is 14.4 Å². The van der Waals surface area contributed by atoms with Gasteiger partial charge in [-0.25, -0.2) is 8.42 Å². The average Bonchev–Trinajstić information content (AvgIpc) is 2.65. The standard InChI is InChI=1S/C21H27NO5S/c1-16-13-17(2)15-19(14-16)27-10-9-22(3)21(23)18-5-7-20(8-6-18)28(24,25)12-11-26-4/h5-8,13-15H,9-12H2,1-4H3. The van der Waals surface area contributed by atoms with Gasteiger partial charge in [-0.2, -0.15) is 0 Å². The van der Waals surface area contributed by atoms with Crippen LogP contribution in [0.25, 0.3) is 0 Å². The summed E-state index contributed by atoms with van der Waals surface area (Å²) >= 11 is 0. The molecule has 152 valence electrons. The summed E-state index contributed by atoms with van der Waals surface area (Å²) in [6.07, 6.45) is 0. The summed E-state index contributed by atoms with van der Waals surface area (Å²) in [5, 5.41) is 0. The Bertz CT molecular complexity index is 887. The molecule has 0 aromatic heterocycles. The SMILES string of the molecule is COCCS(=O)(=O)c1ccc(C(=O)N(C)CCOc2cc(C)cc(C)c2)cc1. The second-order valence-corrected chi connectivity index (χ2v) is 8.84. The van der Waals surface area contributed by atoms with Crippen molar-refractivity contribution in [3.8, 4) is 5.75 Å². The van der Waals surface area contributed by atoms with Gasteiger partial charge in [-0.1, -0.05) is 6.07 Å². The maximum atomic E-state index is 12.5. The predicted molar refractivity (Wildman–Crippen MR) is 109 cm³/mol. The number of methoxy groups -OCH3 is 1. The lowest BCUT2D eigenvalue weighted by Gasteiger charge is -2.18. The molecule has 2 aromatic carbocycles. The molecule has 0 spiro atoms. The summed E-state index contributed by atoms with van der Waals surface area (Å²) in [7, 11) is -0.261. The minimum Gasteiger partial charge on any atom is -0.492 e. The number of ether oxygens (including phenoxy) is 2. The largest absolute Gasteiger partial charge is 0.492 e. The average molecular weight is 406 g/mol. The van der Waals surface area contributed by atoms with Gasteiger partial charge in [0.05, 0.1) is 23.8 Å². The Hall–Kier alpha value is -2.38. The molecule has 0 aliphatic carbocycles. The third kappa shape index (κ3) is 6.07. The number of aryl methyl sites for hydroxylation is 2. The van der Waals surface area contributed by atoms with Crippen molar-refractivity contribution >= 4 is 15.7 Å². The van der Waals surface area contributed by atoms with E-state index in [-0.39, 0.29) is 23.2 Å². The second kappa shape index (κ2) is 9.71. The van der Waals surface area contributed by atoms with Crippen molar-refractivity contribution in [2.45, 2.75) is 18.7 Å². The summed E-state index contributed by atoms with van der Waals surface area (Å²) < 4.78 is 34.8. The molecule has 0 atom stereocenters. The van der Waals surface area contributed by atoms with Crippen LogP contribution >= 0.6 is 0 Å². The van der Waals surface area contributed by atoms with Gasteiger partial charge in [0.15, 0.2) is 9.84 Å². The van der Waals surface area contributed by atoms with Gasteiger partial charge in [0.25, 0.3) is 5.91 Å². The number of carbonyl (C=O) groups excluding carboxylic acids is 1.